The van der Waals surface area contributed by atoms with Gasteiger partial charge in [0.1, 0.15) is 0 Å². The number of aliphatic carboxylic acids is 1. The lowest BCUT2D eigenvalue weighted by Gasteiger charge is -2.28. The minimum atomic E-state index is -0.911. The number of carboxylic acid groups (broad SMARTS) is 1. The maximum absolute atomic E-state index is 11.8. The van der Waals surface area contributed by atoms with E-state index in [4.69, 9.17) is 9.84 Å². The number of hydrogen-bond acceptors (Lipinski definition) is 3. The molecule has 5 heteroatoms. The summed E-state index contributed by atoms with van der Waals surface area (Å²) in [6.07, 6.45) is 0.867. The molecule has 1 saturated heterocycles. The minimum Gasteiger partial charge on any atom is -0.481 e. The first-order chi connectivity index (χ1) is 7.72. The monoisotopic (exact) mass is 243 g/mol. The van der Waals surface area contributed by atoms with Crippen LogP contribution in [0.5, 0.6) is 0 Å². The second-order valence-electron chi connectivity index (χ2n) is 5.94. The summed E-state index contributed by atoms with van der Waals surface area (Å²) in [5.74, 6) is -1.02. The van der Waals surface area contributed by atoms with E-state index in [1.807, 2.05) is 20.8 Å². The van der Waals surface area contributed by atoms with E-state index in [1.165, 1.54) is 0 Å². The van der Waals surface area contributed by atoms with Gasteiger partial charge in [-0.05, 0) is 11.8 Å². The lowest BCUT2D eigenvalue weighted by molar-refractivity contribution is -0.139. The van der Waals surface area contributed by atoms with Crippen molar-refractivity contribution in [2.75, 3.05) is 13.2 Å². The molecule has 0 saturated carbocycles. The van der Waals surface area contributed by atoms with Crippen LogP contribution in [0.25, 0.3) is 0 Å². The van der Waals surface area contributed by atoms with E-state index in [0.717, 1.165) is 0 Å². The molecule has 0 aliphatic carbocycles. The summed E-state index contributed by atoms with van der Waals surface area (Å²) in [7, 11) is 0. The van der Waals surface area contributed by atoms with Crippen LogP contribution in [0.2, 0.25) is 0 Å². The van der Waals surface area contributed by atoms with Crippen molar-refractivity contribution in [3.63, 3.8) is 0 Å². The van der Waals surface area contributed by atoms with Crippen LogP contribution in [0.1, 0.15) is 40.0 Å². The second-order valence-corrected chi connectivity index (χ2v) is 5.94. The SMILES string of the molecule is CC(C)(C)CC(=O)NC1(CC(=O)O)CCOC1. The van der Waals surface area contributed by atoms with Gasteiger partial charge in [-0.15, -0.1) is 0 Å². The van der Waals surface area contributed by atoms with Crippen LogP contribution >= 0.6 is 0 Å². The molecule has 0 radical (unpaired) electrons. The second kappa shape index (κ2) is 5.04. The van der Waals surface area contributed by atoms with Crippen molar-refractivity contribution >= 4 is 11.9 Å². The average molecular weight is 243 g/mol. The smallest absolute Gasteiger partial charge is 0.305 e. The van der Waals surface area contributed by atoms with E-state index in [9.17, 15) is 9.59 Å². The van der Waals surface area contributed by atoms with E-state index in [-0.39, 0.29) is 24.3 Å². The fourth-order valence-corrected chi connectivity index (χ4v) is 2.00. The molecule has 98 valence electrons. The molecular formula is C12H21NO4. The van der Waals surface area contributed by atoms with E-state index >= 15 is 0 Å². The summed E-state index contributed by atoms with van der Waals surface area (Å²) in [4.78, 5) is 22.7. The quantitative estimate of drug-likeness (QED) is 0.777. The molecule has 0 aromatic heterocycles. The molecule has 0 spiro atoms. The average Bonchev–Trinajstić information content (AvgIpc) is 2.47. The molecule has 1 aliphatic rings. The number of carbonyl (C=O) groups is 2. The largest absolute Gasteiger partial charge is 0.481 e. The minimum absolute atomic E-state index is 0.0805. The molecule has 1 atom stereocenters. The highest BCUT2D eigenvalue weighted by Crippen LogP contribution is 2.25. The predicted molar refractivity (Wildman–Crippen MR) is 62.6 cm³/mol. The summed E-state index contributed by atoms with van der Waals surface area (Å²) in [5, 5.41) is 11.7. The van der Waals surface area contributed by atoms with Crippen LogP contribution in [0.3, 0.4) is 0 Å². The number of ether oxygens (including phenoxy) is 1. The van der Waals surface area contributed by atoms with Crippen LogP contribution in [-0.2, 0) is 14.3 Å². The summed E-state index contributed by atoms with van der Waals surface area (Å²) in [6, 6.07) is 0. The van der Waals surface area contributed by atoms with Gasteiger partial charge in [-0.1, -0.05) is 20.8 Å². The van der Waals surface area contributed by atoms with Gasteiger partial charge in [0.25, 0.3) is 0 Å². The van der Waals surface area contributed by atoms with Crippen LogP contribution < -0.4 is 5.32 Å². The first kappa shape index (κ1) is 14.0. The van der Waals surface area contributed by atoms with Crippen molar-refractivity contribution in [3.05, 3.63) is 0 Å². The van der Waals surface area contributed by atoms with Crippen molar-refractivity contribution in [1.29, 1.82) is 0 Å². The normalized spacial score (nSPS) is 24.6. The van der Waals surface area contributed by atoms with Gasteiger partial charge in [0, 0.05) is 13.0 Å². The Kier molecular flexibility index (Phi) is 4.14. The van der Waals surface area contributed by atoms with Crippen molar-refractivity contribution in [1.82, 2.24) is 5.32 Å². The molecule has 17 heavy (non-hydrogen) atoms. The number of amides is 1. The Balaban J connectivity index is 2.61. The van der Waals surface area contributed by atoms with Crippen molar-refractivity contribution < 1.29 is 19.4 Å². The third-order valence-corrected chi connectivity index (χ3v) is 2.69. The lowest BCUT2D eigenvalue weighted by Crippen LogP contribution is -2.51. The zero-order chi connectivity index (χ0) is 13.1. The maximum Gasteiger partial charge on any atom is 0.305 e. The first-order valence-electron chi connectivity index (χ1n) is 5.83. The Morgan fingerprint density at radius 1 is 1.41 bits per heavy atom. The highest BCUT2D eigenvalue weighted by Gasteiger charge is 2.38. The molecule has 0 bridgehead atoms. The molecule has 5 nitrogen and oxygen atoms in total. The standard InChI is InChI=1S/C12H21NO4/c1-11(2,3)6-9(14)13-12(7-10(15)16)4-5-17-8-12/h4-8H2,1-3H3,(H,13,14)(H,15,16). The Bertz CT molecular complexity index is 300. The van der Waals surface area contributed by atoms with Crippen LogP contribution in [0, 0.1) is 5.41 Å². The summed E-state index contributed by atoms with van der Waals surface area (Å²) >= 11 is 0. The van der Waals surface area contributed by atoms with Gasteiger partial charge in [-0.25, -0.2) is 0 Å². The van der Waals surface area contributed by atoms with E-state index < -0.39 is 11.5 Å². The Morgan fingerprint density at radius 3 is 2.47 bits per heavy atom. The van der Waals surface area contributed by atoms with Gasteiger partial charge in [0.2, 0.25) is 5.91 Å². The fourth-order valence-electron chi connectivity index (χ4n) is 2.00. The van der Waals surface area contributed by atoms with Crippen molar-refractivity contribution in [2.24, 2.45) is 5.41 Å². The molecule has 2 N–H and O–H groups in total. The number of carboxylic acids is 1. The molecule has 1 aliphatic heterocycles. The van der Waals surface area contributed by atoms with Gasteiger partial charge in [-0.3, -0.25) is 9.59 Å². The molecule has 1 amide bonds. The van der Waals surface area contributed by atoms with Crippen LogP contribution in [-0.4, -0.2) is 35.7 Å². The molecule has 1 heterocycles. The Labute approximate surface area is 102 Å². The molecule has 1 unspecified atom stereocenters. The number of carbonyl (C=O) groups excluding carboxylic acids is 1. The lowest BCUT2D eigenvalue weighted by atomic mass is 9.89. The topological polar surface area (TPSA) is 75.6 Å². The fraction of sp³-hybridized carbons (Fsp3) is 0.833. The summed E-state index contributed by atoms with van der Waals surface area (Å²) < 4.78 is 5.21. The molecule has 1 fully saturated rings. The van der Waals surface area contributed by atoms with E-state index in [1.54, 1.807) is 0 Å². The van der Waals surface area contributed by atoms with Gasteiger partial charge in [0.15, 0.2) is 0 Å². The maximum atomic E-state index is 11.8. The van der Waals surface area contributed by atoms with Gasteiger partial charge >= 0.3 is 5.97 Å². The third-order valence-electron chi connectivity index (χ3n) is 2.69. The van der Waals surface area contributed by atoms with Gasteiger partial charge < -0.3 is 15.2 Å². The highest BCUT2D eigenvalue weighted by molar-refractivity contribution is 5.79. The van der Waals surface area contributed by atoms with Crippen molar-refractivity contribution in [3.8, 4) is 0 Å². The number of nitrogens with one attached hydrogen (secondary N) is 1. The highest BCUT2D eigenvalue weighted by atomic mass is 16.5. The van der Waals surface area contributed by atoms with E-state index in [2.05, 4.69) is 5.32 Å². The molecular weight excluding hydrogens is 222 g/mol. The summed E-state index contributed by atoms with van der Waals surface area (Å²) in [6.45, 7) is 6.71. The van der Waals surface area contributed by atoms with Crippen LogP contribution in [0.15, 0.2) is 0 Å². The van der Waals surface area contributed by atoms with Crippen LogP contribution in [0.4, 0.5) is 0 Å². The first-order valence-corrected chi connectivity index (χ1v) is 5.83. The zero-order valence-electron chi connectivity index (χ0n) is 10.7. The number of rotatable bonds is 4. The predicted octanol–water partition coefficient (Wildman–Crippen LogP) is 1.17. The van der Waals surface area contributed by atoms with E-state index in [0.29, 0.717) is 19.4 Å². The summed E-state index contributed by atoms with van der Waals surface area (Å²) in [5.41, 5.74) is -0.817. The Morgan fingerprint density at radius 2 is 2.06 bits per heavy atom. The van der Waals surface area contributed by atoms with Gasteiger partial charge in [0.05, 0.1) is 18.6 Å². The molecule has 1 rings (SSSR count). The Hall–Kier alpha value is -1.10. The molecule has 0 aromatic carbocycles. The number of hydrogen-bond donors (Lipinski definition) is 2. The third kappa shape index (κ3) is 4.73. The van der Waals surface area contributed by atoms with Crippen molar-refractivity contribution in [2.45, 2.75) is 45.6 Å². The zero-order valence-corrected chi connectivity index (χ0v) is 10.7. The van der Waals surface area contributed by atoms with Gasteiger partial charge in [-0.2, -0.15) is 0 Å². The molecule has 0 aromatic rings.